The third kappa shape index (κ3) is 10.9. The summed E-state index contributed by atoms with van der Waals surface area (Å²) < 4.78 is 0. The maximum Gasteiger partial charge on any atom is 0.326 e. The van der Waals surface area contributed by atoms with Crippen LogP contribution in [0.5, 0.6) is 0 Å². The van der Waals surface area contributed by atoms with E-state index in [1.54, 1.807) is 20.1 Å². The molecule has 13 nitrogen and oxygen atoms in total. The molecule has 32 heavy (non-hydrogen) atoms. The maximum atomic E-state index is 12.6. The van der Waals surface area contributed by atoms with Gasteiger partial charge in [0.05, 0.1) is 18.9 Å². The summed E-state index contributed by atoms with van der Waals surface area (Å²) in [6, 6.07) is -5.70. The van der Waals surface area contributed by atoms with Crippen LogP contribution in [0.3, 0.4) is 0 Å². The van der Waals surface area contributed by atoms with Gasteiger partial charge >= 0.3 is 17.9 Å². The molecule has 0 bridgehead atoms. The van der Waals surface area contributed by atoms with Crippen molar-refractivity contribution in [2.75, 3.05) is 12.0 Å². The van der Waals surface area contributed by atoms with E-state index in [2.05, 4.69) is 16.0 Å². The molecule has 8 N–H and O–H groups in total. The van der Waals surface area contributed by atoms with Crippen LogP contribution in [0.2, 0.25) is 0 Å². The third-order valence-electron chi connectivity index (χ3n) is 4.27. The van der Waals surface area contributed by atoms with Gasteiger partial charge in [0, 0.05) is 0 Å². The van der Waals surface area contributed by atoms with E-state index in [9.17, 15) is 33.9 Å². The number of amides is 3. The first-order chi connectivity index (χ1) is 14.8. The standard InChI is InChI=1S/C18H30N4O9S/c1-8(2)14(19)17(29)22-11(7-13(25)26)16(28)21-10(6-12(23)24)15(27)20-9(18(30)31)4-5-32-3/h8-11,14H,4-7,19H2,1-3H3,(H,20,27)(H,21,28)(H,22,29)(H,23,24)(H,25,26)(H,30,31). The van der Waals surface area contributed by atoms with Crippen molar-refractivity contribution in [3.05, 3.63) is 0 Å². The molecule has 0 aliphatic rings. The summed E-state index contributed by atoms with van der Waals surface area (Å²) in [5.41, 5.74) is 5.69. The van der Waals surface area contributed by atoms with Gasteiger partial charge in [-0.3, -0.25) is 24.0 Å². The van der Waals surface area contributed by atoms with E-state index in [0.717, 1.165) is 0 Å². The van der Waals surface area contributed by atoms with E-state index in [-0.39, 0.29) is 12.3 Å². The van der Waals surface area contributed by atoms with Gasteiger partial charge in [-0.15, -0.1) is 0 Å². The number of carboxylic acids is 3. The molecule has 4 atom stereocenters. The fraction of sp³-hybridized carbons (Fsp3) is 0.667. The minimum Gasteiger partial charge on any atom is -0.481 e. The molecule has 3 amide bonds. The molecule has 0 aromatic heterocycles. The van der Waals surface area contributed by atoms with E-state index in [0.29, 0.717) is 5.75 Å². The number of rotatable bonds is 15. The molecule has 0 heterocycles. The highest BCUT2D eigenvalue weighted by atomic mass is 32.2. The Morgan fingerprint density at radius 3 is 1.53 bits per heavy atom. The fourth-order valence-corrected chi connectivity index (χ4v) is 2.85. The summed E-state index contributed by atoms with van der Waals surface area (Å²) in [6.45, 7) is 3.28. The average Bonchev–Trinajstić information content (AvgIpc) is 2.67. The predicted octanol–water partition coefficient (Wildman–Crippen LogP) is -1.79. The van der Waals surface area contributed by atoms with Crippen LogP contribution in [0.4, 0.5) is 0 Å². The van der Waals surface area contributed by atoms with Crippen molar-refractivity contribution < 1.29 is 44.1 Å². The van der Waals surface area contributed by atoms with Gasteiger partial charge < -0.3 is 37.0 Å². The number of aliphatic carboxylic acids is 3. The van der Waals surface area contributed by atoms with Gasteiger partial charge in [0.1, 0.15) is 18.1 Å². The van der Waals surface area contributed by atoms with Gasteiger partial charge in [-0.1, -0.05) is 13.8 Å². The van der Waals surface area contributed by atoms with Crippen molar-refractivity contribution >= 4 is 47.4 Å². The number of nitrogens with two attached hydrogens (primary N) is 1. The fourth-order valence-electron chi connectivity index (χ4n) is 2.38. The molecular formula is C18H30N4O9S. The molecule has 0 spiro atoms. The smallest absolute Gasteiger partial charge is 0.326 e. The van der Waals surface area contributed by atoms with E-state index in [1.165, 1.54) is 11.8 Å². The van der Waals surface area contributed by atoms with Gasteiger partial charge in [0.25, 0.3) is 0 Å². The van der Waals surface area contributed by atoms with Crippen molar-refractivity contribution in [2.24, 2.45) is 11.7 Å². The van der Waals surface area contributed by atoms with Gasteiger partial charge in [-0.05, 0) is 24.3 Å². The molecule has 0 fully saturated rings. The van der Waals surface area contributed by atoms with Crippen molar-refractivity contribution in [2.45, 2.75) is 57.3 Å². The molecule has 0 saturated carbocycles. The second-order valence-corrected chi connectivity index (χ2v) is 8.25. The van der Waals surface area contributed by atoms with Crippen molar-refractivity contribution in [1.82, 2.24) is 16.0 Å². The summed E-state index contributed by atoms with van der Waals surface area (Å²) in [6.07, 6.45) is 0.0397. The number of carbonyl (C=O) groups excluding carboxylic acids is 3. The van der Waals surface area contributed by atoms with Crippen molar-refractivity contribution in [3.8, 4) is 0 Å². The molecule has 0 radical (unpaired) electrons. The zero-order chi connectivity index (χ0) is 25.0. The van der Waals surface area contributed by atoms with Crippen LogP contribution in [0.1, 0.15) is 33.1 Å². The number of carboxylic acid groups (broad SMARTS) is 3. The average molecular weight is 479 g/mol. The van der Waals surface area contributed by atoms with Crippen molar-refractivity contribution in [1.29, 1.82) is 0 Å². The summed E-state index contributed by atoms with van der Waals surface area (Å²) in [5.74, 6) is -7.18. The molecule has 0 aromatic rings. The lowest BCUT2D eigenvalue weighted by Gasteiger charge is -2.24. The second-order valence-electron chi connectivity index (χ2n) is 7.27. The van der Waals surface area contributed by atoms with Crippen LogP contribution < -0.4 is 21.7 Å². The predicted molar refractivity (Wildman–Crippen MR) is 114 cm³/mol. The summed E-state index contributed by atoms with van der Waals surface area (Å²) in [5, 5.41) is 33.8. The lowest BCUT2D eigenvalue weighted by molar-refractivity contribution is -0.145. The molecule has 0 saturated heterocycles. The van der Waals surface area contributed by atoms with Crippen LogP contribution in [-0.2, 0) is 28.8 Å². The summed E-state index contributed by atoms with van der Waals surface area (Å²) >= 11 is 1.34. The number of thioether (sulfide) groups is 1. The molecule has 0 aliphatic carbocycles. The Morgan fingerprint density at radius 2 is 1.19 bits per heavy atom. The first-order valence-electron chi connectivity index (χ1n) is 9.62. The SMILES string of the molecule is CSCCC(NC(=O)C(CC(=O)O)NC(=O)C(CC(=O)O)NC(=O)C(N)C(C)C)C(=O)O. The normalized spacial score (nSPS) is 14.5. The topological polar surface area (TPSA) is 225 Å². The molecule has 0 aromatic carbocycles. The Kier molecular flexibility index (Phi) is 13.0. The van der Waals surface area contributed by atoms with E-state index < -0.39 is 72.6 Å². The summed E-state index contributed by atoms with van der Waals surface area (Å²) in [7, 11) is 0. The summed E-state index contributed by atoms with van der Waals surface area (Å²) in [4.78, 5) is 70.8. The second kappa shape index (κ2) is 14.2. The Hall–Kier alpha value is -2.87. The number of hydrogen-bond donors (Lipinski definition) is 7. The zero-order valence-electron chi connectivity index (χ0n) is 18.0. The van der Waals surface area contributed by atoms with Crippen LogP contribution in [-0.4, -0.2) is 87.1 Å². The highest BCUT2D eigenvalue weighted by Gasteiger charge is 2.32. The number of hydrogen-bond acceptors (Lipinski definition) is 8. The molecule has 0 aliphatic heterocycles. The Morgan fingerprint density at radius 1 is 0.781 bits per heavy atom. The quantitative estimate of drug-likeness (QED) is 0.139. The van der Waals surface area contributed by atoms with E-state index in [4.69, 9.17) is 15.9 Å². The first kappa shape index (κ1) is 29.1. The third-order valence-corrected chi connectivity index (χ3v) is 4.91. The Labute approximate surface area is 188 Å². The highest BCUT2D eigenvalue weighted by Crippen LogP contribution is 2.05. The lowest BCUT2D eigenvalue weighted by Crippen LogP contribution is -2.58. The van der Waals surface area contributed by atoms with Gasteiger partial charge in [0.2, 0.25) is 17.7 Å². The maximum absolute atomic E-state index is 12.6. The Bertz CT molecular complexity index is 717. The monoisotopic (exact) mass is 478 g/mol. The van der Waals surface area contributed by atoms with E-state index >= 15 is 0 Å². The van der Waals surface area contributed by atoms with Crippen LogP contribution in [0.15, 0.2) is 0 Å². The molecule has 0 rings (SSSR count). The van der Waals surface area contributed by atoms with Crippen LogP contribution in [0.25, 0.3) is 0 Å². The van der Waals surface area contributed by atoms with Crippen molar-refractivity contribution in [3.63, 3.8) is 0 Å². The van der Waals surface area contributed by atoms with Crippen LogP contribution in [0, 0.1) is 5.92 Å². The minimum absolute atomic E-state index is 0.0563. The molecule has 182 valence electrons. The lowest BCUT2D eigenvalue weighted by atomic mass is 10.0. The van der Waals surface area contributed by atoms with Gasteiger partial charge in [0.15, 0.2) is 0 Å². The van der Waals surface area contributed by atoms with Crippen LogP contribution >= 0.6 is 11.8 Å². The minimum atomic E-state index is -1.71. The first-order valence-corrected chi connectivity index (χ1v) is 11.0. The highest BCUT2D eigenvalue weighted by molar-refractivity contribution is 7.98. The molecule has 14 heteroatoms. The number of carbonyl (C=O) groups is 6. The van der Waals surface area contributed by atoms with Gasteiger partial charge in [-0.25, -0.2) is 4.79 Å². The van der Waals surface area contributed by atoms with E-state index in [1.807, 2.05) is 0 Å². The number of nitrogens with one attached hydrogen (secondary N) is 3. The molecule has 4 unspecified atom stereocenters. The largest absolute Gasteiger partial charge is 0.481 e. The molecular weight excluding hydrogens is 448 g/mol. The Balaban J connectivity index is 5.51. The zero-order valence-corrected chi connectivity index (χ0v) is 18.8. The van der Waals surface area contributed by atoms with Gasteiger partial charge in [-0.2, -0.15) is 11.8 Å².